The number of benzene rings is 3. The summed E-state index contributed by atoms with van der Waals surface area (Å²) >= 11 is 0. The molecule has 2 aliphatic heterocycles. The zero-order chi connectivity index (χ0) is 25.7. The van der Waals surface area contributed by atoms with Gasteiger partial charge in [-0.2, -0.15) is 6.07 Å². The monoisotopic (exact) mass is 658 g/mol. The fourth-order valence-corrected chi connectivity index (χ4v) is 11.2. The van der Waals surface area contributed by atoms with Crippen molar-refractivity contribution in [2.45, 2.75) is 52.2 Å². The molecule has 1 atom stereocenters. The topological polar surface area (TPSA) is 4.93 Å². The summed E-state index contributed by atoms with van der Waals surface area (Å²) in [4.78, 5) is 0. The van der Waals surface area contributed by atoms with E-state index in [1.165, 1.54) is 57.2 Å². The van der Waals surface area contributed by atoms with E-state index in [0.717, 1.165) is 5.54 Å². The van der Waals surface area contributed by atoms with Crippen molar-refractivity contribution in [1.29, 1.82) is 0 Å². The van der Waals surface area contributed by atoms with E-state index in [1.807, 2.05) is 0 Å². The molecule has 1 aromatic heterocycles. The molecule has 5 aromatic rings. The number of para-hydroxylation sites is 1. The van der Waals surface area contributed by atoms with Gasteiger partial charge in [0, 0.05) is 23.1 Å². The largest absolute Gasteiger partial charge is 3.00 e. The first kappa shape index (κ1) is 32.5. The van der Waals surface area contributed by atoms with Gasteiger partial charge in [-0.15, -0.1) is 34.5 Å². The van der Waals surface area contributed by atoms with Crippen LogP contribution in [0, 0.1) is 6.92 Å². The maximum Gasteiger partial charge on any atom is 3.00 e. The van der Waals surface area contributed by atoms with Crippen molar-refractivity contribution >= 4 is 24.0 Å². The summed E-state index contributed by atoms with van der Waals surface area (Å²) in [6.45, 7) is 11.7. The van der Waals surface area contributed by atoms with Crippen LogP contribution in [0.5, 0.6) is 0 Å². The van der Waals surface area contributed by atoms with Gasteiger partial charge in [-0.3, -0.25) is 0 Å². The molecule has 8 rings (SSSR count). The van der Waals surface area contributed by atoms with Crippen LogP contribution in [0.3, 0.4) is 0 Å². The van der Waals surface area contributed by atoms with E-state index < -0.39 is 8.07 Å². The summed E-state index contributed by atoms with van der Waals surface area (Å²) in [6, 6.07) is 33.2. The summed E-state index contributed by atoms with van der Waals surface area (Å²) in [7, 11) is -1.17. The minimum absolute atomic E-state index is 0. The average molecular weight is 661 g/mol. The first-order valence-corrected chi connectivity index (χ1v) is 16.7. The van der Waals surface area contributed by atoms with E-state index in [2.05, 4.69) is 136 Å². The normalized spacial score (nSPS) is 15.6. The first-order chi connectivity index (χ1) is 17.9. The molecule has 0 saturated carbocycles. The number of nitrogens with zero attached hydrogens (tertiary/aromatic N) is 1. The summed E-state index contributed by atoms with van der Waals surface area (Å²) in [5.74, 6) is 0. The van der Waals surface area contributed by atoms with Gasteiger partial charge in [-0.05, 0) is 53.4 Å². The van der Waals surface area contributed by atoms with Crippen molar-refractivity contribution < 1.29 is 51.0 Å². The van der Waals surface area contributed by atoms with Crippen LogP contribution in [0.1, 0.15) is 48.2 Å². The molecule has 4 aromatic carbocycles. The van der Waals surface area contributed by atoms with Crippen molar-refractivity contribution in [2.75, 3.05) is 0 Å². The van der Waals surface area contributed by atoms with Crippen molar-refractivity contribution in [3.63, 3.8) is 0 Å². The van der Waals surface area contributed by atoms with Crippen LogP contribution >= 0.6 is 0 Å². The van der Waals surface area contributed by atoms with Crippen LogP contribution in [0.2, 0.25) is 13.1 Å². The zero-order valence-corrected chi connectivity index (χ0v) is 28.9. The summed E-state index contributed by atoms with van der Waals surface area (Å²) < 4.78 is 2.38. The molecule has 1 radical (unpaired) electrons. The number of rotatable bonds is 4. The predicted molar refractivity (Wildman–Crippen MR) is 162 cm³/mol. The Balaban J connectivity index is 0.000000205. The second-order valence-electron chi connectivity index (χ2n) is 11.3. The standard InChI is InChI=1S/C19H19.C16H17NSi.2ClH.Zr/c1-3-5-15-8-10-16(11-9-15)18-7-4-6-17-12-14(2)13-19(17)18;1-11-15-13-9-10-17(12-7-5-4-6-8-12)14(13)16(11)18(15,2)3;;;/h4,6-13H,3,5H2,1-2H3;4-10,15H,1-3H3;2*1H;/q-1;;;;+3/p-2. The molecule has 2 bridgehead atoms. The quantitative estimate of drug-likeness (QED) is 0.205. The maximum absolute atomic E-state index is 2.51. The van der Waals surface area contributed by atoms with Gasteiger partial charge in [0.1, 0.15) is 0 Å². The molecule has 40 heavy (non-hydrogen) atoms. The number of aromatic nitrogens is 1. The van der Waals surface area contributed by atoms with Crippen molar-refractivity contribution in [2.24, 2.45) is 0 Å². The number of hydrogen-bond acceptors (Lipinski definition) is 0. The van der Waals surface area contributed by atoms with Crippen LogP contribution in [0.25, 0.3) is 32.8 Å². The number of allylic oxidation sites excluding steroid dienone is 1. The van der Waals surface area contributed by atoms with Crippen LogP contribution in [-0.4, -0.2) is 12.6 Å². The minimum Gasteiger partial charge on any atom is -1.00 e. The number of fused-ring (bicyclic) bond motifs is 1. The molecule has 203 valence electrons. The third-order valence-electron chi connectivity index (χ3n) is 8.39. The van der Waals surface area contributed by atoms with Crippen LogP contribution in [0.15, 0.2) is 103 Å². The Hall–Kier alpha value is -2.03. The van der Waals surface area contributed by atoms with Gasteiger partial charge in [0.2, 0.25) is 0 Å². The predicted octanol–water partition coefficient (Wildman–Crippen LogP) is 3.64. The minimum atomic E-state index is -1.17. The Morgan fingerprint density at radius 3 is 2.20 bits per heavy atom. The zero-order valence-electron chi connectivity index (χ0n) is 23.9. The van der Waals surface area contributed by atoms with Gasteiger partial charge in [0.25, 0.3) is 0 Å². The molecular formula is C35H36Cl2NSiZr. The number of hydrogen-bond donors (Lipinski definition) is 0. The van der Waals surface area contributed by atoms with E-state index >= 15 is 0 Å². The molecule has 1 aliphatic carbocycles. The van der Waals surface area contributed by atoms with Gasteiger partial charge in [-0.1, -0.05) is 93.0 Å². The van der Waals surface area contributed by atoms with Crippen molar-refractivity contribution in [3.05, 3.63) is 125 Å². The molecule has 1 unspecified atom stereocenters. The van der Waals surface area contributed by atoms with E-state index in [4.69, 9.17) is 0 Å². The van der Waals surface area contributed by atoms with E-state index in [-0.39, 0.29) is 51.0 Å². The van der Waals surface area contributed by atoms with Gasteiger partial charge in [0.05, 0.1) is 8.07 Å². The second kappa shape index (κ2) is 12.9. The fraction of sp³-hybridized carbons (Fsp3) is 0.229. The van der Waals surface area contributed by atoms with E-state index in [1.54, 1.807) is 16.3 Å². The Morgan fingerprint density at radius 1 is 0.850 bits per heavy atom. The van der Waals surface area contributed by atoms with E-state index in [0.29, 0.717) is 0 Å². The van der Waals surface area contributed by atoms with Gasteiger partial charge < -0.3 is 29.4 Å². The average Bonchev–Trinajstić information content (AvgIpc) is 3.61. The summed E-state index contributed by atoms with van der Waals surface area (Å²) in [6.07, 6.45) is 4.61. The van der Waals surface area contributed by atoms with Crippen LogP contribution in [0.4, 0.5) is 0 Å². The molecular weight excluding hydrogens is 625 g/mol. The molecule has 0 N–H and O–H groups in total. The van der Waals surface area contributed by atoms with Gasteiger partial charge >= 0.3 is 26.2 Å². The molecule has 0 spiro atoms. The number of aryl methyl sites for hydroxylation is 2. The Bertz CT molecular complexity index is 1630. The van der Waals surface area contributed by atoms with Crippen LogP contribution in [-0.2, 0) is 32.6 Å². The maximum atomic E-state index is 2.51. The fourth-order valence-electron chi connectivity index (χ4n) is 6.90. The molecule has 3 aliphatic rings. The second-order valence-corrected chi connectivity index (χ2v) is 15.8. The third-order valence-corrected chi connectivity index (χ3v) is 12.5. The molecule has 0 saturated heterocycles. The van der Waals surface area contributed by atoms with E-state index in [9.17, 15) is 0 Å². The first-order valence-electron chi connectivity index (χ1n) is 13.6. The molecule has 5 heteroatoms. The molecule has 1 nitrogen and oxygen atoms in total. The smallest absolute Gasteiger partial charge is 1.00 e. The van der Waals surface area contributed by atoms with Gasteiger partial charge in [-0.25, -0.2) is 0 Å². The molecule has 0 fully saturated rings. The van der Waals surface area contributed by atoms with Crippen molar-refractivity contribution in [1.82, 2.24) is 4.57 Å². The molecule has 0 amide bonds. The Morgan fingerprint density at radius 2 is 1.55 bits per heavy atom. The van der Waals surface area contributed by atoms with Crippen LogP contribution < -0.4 is 24.8 Å². The third kappa shape index (κ3) is 5.43. The Labute approximate surface area is 272 Å². The van der Waals surface area contributed by atoms with Gasteiger partial charge in [0.15, 0.2) is 0 Å². The molecule has 3 heterocycles. The van der Waals surface area contributed by atoms with Crippen molar-refractivity contribution in [3.8, 4) is 16.8 Å². The summed E-state index contributed by atoms with van der Waals surface area (Å²) in [5, 5.41) is 4.41. The number of halogens is 2. The summed E-state index contributed by atoms with van der Waals surface area (Å²) in [5.41, 5.74) is 12.2. The SMILES string of the molecule is CC1=C2c3c(ccn3-c3ccccc3)C1[Si]2(C)C.CCCc1ccc(-c2cccc3[cH-]c(C)cc23)cc1.[Cl-].[Cl-].[Zr+3]. The Kier molecular flexibility index (Phi) is 10.4.